The van der Waals surface area contributed by atoms with Gasteiger partial charge < -0.3 is 4.74 Å². The molecule has 0 fully saturated rings. The average Bonchev–Trinajstić information content (AvgIpc) is 2.85. The number of hydrogen-bond acceptors (Lipinski definition) is 2. The summed E-state index contributed by atoms with van der Waals surface area (Å²) in [6.07, 6.45) is 0. The fourth-order valence-electron chi connectivity index (χ4n) is 4.33. The maximum absolute atomic E-state index is 6.62. The first-order valence-corrected chi connectivity index (χ1v) is 13.5. The molecule has 36 heavy (non-hydrogen) atoms. The van der Waals surface area contributed by atoms with Gasteiger partial charge in [0, 0.05) is 22.1 Å². The van der Waals surface area contributed by atoms with E-state index in [1.54, 1.807) is 0 Å². The Bertz CT molecular complexity index is 1350. The third kappa shape index (κ3) is 6.31. The summed E-state index contributed by atoms with van der Waals surface area (Å²) < 4.78 is 6.62. The molecule has 1 atom stereocenters. The van der Waals surface area contributed by atoms with Gasteiger partial charge in [0.25, 0.3) is 0 Å². The summed E-state index contributed by atoms with van der Waals surface area (Å²) in [7, 11) is 0.460. The molecule has 0 bridgehead atoms. The van der Waals surface area contributed by atoms with Crippen LogP contribution in [-0.2, 0) is 12.0 Å². The van der Waals surface area contributed by atoms with E-state index in [-0.39, 0.29) is 5.41 Å². The summed E-state index contributed by atoms with van der Waals surface area (Å²) in [5.41, 5.74) is 8.15. The van der Waals surface area contributed by atoms with Crippen molar-refractivity contribution in [1.82, 2.24) is 0 Å². The summed E-state index contributed by atoms with van der Waals surface area (Å²) in [5.74, 6) is 1.02. The molecule has 4 aromatic carbocycles. The molecule has 1 unspecified atom stereocenters. The first-order valence-electron chi connectivity index (χ1n) is 12.5. The fourth-order valence-corrected chi connectivity index (χ4v) is 5.90. The Morgan fingerprint density at radius 2 is 1.50 bits per heavy atom. The SMILES string of the molecule is C/C(=N\c1ccccc1)c1cccc(C)c1Pc1cc(C)cc(C(C)(C)C)c1OCc1ccccc1. The second kappa shape index (κ2) is 11.2. The van der Waals surface area contributed by atoms with Gasteiger partial charge in [0.1, 0.15) is 12.4 Å². The molecule has 0 saturated carbocycles. The van der Waals surface area contributed by atoms with Crippen LogP contribution in [-0.4, -0.2) is 5.71 Å². The number of rotatable bonds is 7. The molecule has 0 aliphatic rings. The van der Waals surface area contributed by atoms with E-state index < -0.39 is 0 Å². The fraction of sp³-hybridized carbons (Fsp3) is 0.242. The van der Waals surface area contributed by atoms with Crippen LogP contribution in [0.4, 0.5) is 5.69 Å². The lowest BCUT2D eigenvalue weighted by atomic mass is 9.85. The van der Waals surface area contributed by atoms with Crippen LogP contribution >= 0.6 is 8.58 Å². The number of nitrogens with zero attached hydrogens (tertiary/aromatic N) is 1. The molecule has 0 aromatic heterocycles. The average molecular weight is 494 g/mol. The highest BCUT2D eigenvalue weighted by Gasteiger charge is 2.23. The van der Waals surface area contributed by atoms with Gasteiger partial charge in [-0.15, -0.1) is 0 Å². The monoisotopic (exact) mass is 493 g/mol. The third-order valence-corrected chi connectivity index (χ3v) is 7.80. The molecular weight excluding hydrogens is 457 g/mol. The summed E-state index contributed by atoms with van der Waals surface area (Å²) >= 11 is 0. The van der Waals surface area contributed by atoms with Crippen molar-refractivity contribution in [3.8, 4) is 5.75 Å². The summed E-state index contributed by atoms with van der Waals surface area (Å²) in [6, 6.07) is 31.7. The Labute approximate surface area is 218 Å². The van der Waals surface area contributed by atoms with Crippen LogP contribution in [0.3, 0.4) is 0 Å². The first-order chi connectivity index (χ1) is 17.2. The van der Waals surface area contributed by atoms with E-state index >= 15 is 0 Å². The van der Waals surface area contributed by atoms with Crippen molar-refractivity contribution >= 4 is 30.6 Å². The van der Waals surface area contributed by atoms with E-state index in [2.05, 4.69) is 96.1 Å². The predicted octanol–water partition coefficient (Wildman–Crippen LogP) is 7.95. The van der Waals surface area contributed by atoms with E-state index in [4.69, 9.17) is 9.73 Å². The first kappa shape index (κ1) is 25.9. The Kier molecular flexibility index (Phi) is 8.07. The van der Waals surface area contributed by atoms with Gasteiger partial charge in [-0.05, 0) is 66.4 Å². The molecule has 3 heteroatoms. The highest BCUT2D eigenvalue weighted by atomic mass is 31.1. The van der Waals surface area contributed by atoms with Gasteiger partial charge in [0.2, 0.25) is 0 Å². The van der Waals surface area contributed by atoms with Crippen LogP contribution in [0, 0.1) is 13.8 Å². The van der Waals surface area contributed by atoms with Gasteiger partial charge in [-0.3, -0.25) is 4.99 Å². The maximum Gasteiger partial charge on any atom is 0.131 e. The van der Waals surface area contributed by atoms with Crippen LogP contribution in [0.2, 0.25) is 0 Å². The van der Waals surface area contributed by atoms with Gasteiger partial charge in [-0.25, -0.2) is 0 Å². The highest BCUT2D eigenvalue weighted by molar-refractivity contribution is 7.56. The standard InChI is InChI=1S/C33H36NOP/c1-23-20-29(33(4,5)6)31(35-22-26-15-9-7-10-16-26)30(21-23)36-32-24(2)14-13-19-28(32)25(3)34-27-17-11-8-12-18-27/h7-21,36H,22H2,1-6H3/b34-25+. The molecule has 4 rings (SSSR count). The summed E-state index contributed by atoms with van der Waals surface area (Å²) in [6.45, 7) is 13.8. The third-order valence-electron chi connectivity index (χ3n) is 6.24. The van der Waals surface area contributed by atoms with E-state index in [1.807, 2.05) is 36.4 Å². The molecule has 0 aliphatic carbocycles. The summed E-state index contributed by atoms with van der Waals surface area (Å²) in [4.78, 5) is 4.94. The van der Waals surface area contributed by atoms with Crippen LogP contribution < -0.4 is 15.3 Å². The summed E-state index contributed by atoms with van der Waals surface area (Å²) in [5, 5.41) is 2.57. The van der Waals surface area contributed by atoms with E-state index in [0.29, 0.717) is 15.2 Å². The molecule has 0 saturated heterocycles. The second-order valence-corrected chi connectivity index (χ2v) is 11.7. The van der Waals surface area contributed by atoms with Gasteiger partial charge >= 0.3 is 0 Å². The molecule has 0 N–H and O–H groups in total. The minimum Gasteiger partial charge on any atom is -0.488 e. The van der Waals surface area contributed by atoms with Gasteiger partial charge in [-0.1, -0.05) is 102 Å². The molecule has 184 valence electrons. The van der Waals surface area contributed by atoms with Crippen molar-refractivity contribution in [2.45, 2.75) is 53.6 Å². The maximum atomic E-state index is 6.62. The van der Waals surface area contributed by atoms with Crippen LogP contribution in [0.15, 0.2) is 96.0 Å². The largest absolute Gasteiger partial charge is 0.488 e. The highest BCUT2D eigenvalue weighted by Crippen LogP contribution is 2.35. The zero-order chi connectivity index (χ0) is 25.7. The molecule has 4 aromatic rings. The van der Waals surface area contributed by atoms with Crippen molar-refractivity contribution in [3.63, 3.8) is 0 Å². The topological polar surface area (TPSA) is 21.6 Å². The molecule has 0 radical (unpaired) electrons. The van der Waals surface area contributed by atoms with Gasteiger partial charge in [-0.2, -0.15) is 0 Å². The second-order valence-electron chi connectivity index (χ2n) is 10.4. The van der Waals surface area contributed by atoms with Crippen LogP contribution in [0.25, 0.3) is 0 Å². The number of aliphatic imine (C=N–C) groups is 1. The predicted molar refractivity (Wildman–Crippen MR) is 158 cm³/mol. The molecular formula is C33H36NOP. The Hall–Kier alpha value is -3.22. The molecule has 0 amide bonds. The van der Waals surface area contributed by atoms with Crippen molar-refractivity contribution in [2.75, 3.05) is 0 Å². The zero-order valence-corrected chi connectivity index (χ0v) is 23.2. The number of para-hydroxylation sites is 1. The van der Waals surface area contributed by atoms with E-state index in [1.165, 1.54) is 38.4 Å². The normalized spacial score (nSPS) is 12.3. The van der Waals surface area contributed by atoms with Crippen LogP contribution in [0.1, 0.15) is 55.5 Å². The van der Waals surface area contributed by atoms with Crippen molar-refractivity contribution in [3.05, 3.63) is 119 Å². The Balaban J connectivity index is 1.78. The number of aryl methyl sites for hydroxylation is 2. The van der Waals surface area contributed by atoms with E-state index in [0.717, 1.165) is 17.1 Å². The van der Waals surface area contributed by atoms with Crippen molar-refractivity contribution < 1.29 is 4.74 Å². The van der Waals surface area contributed by atoms with Crippen LogP contribution in [0.5, 0.6) is 5.75 Å². The number of ether oxygens (including phenoxy) is 1. The lowest BCUT2D eigenvalue weighted by Gasteiger charge is -2.26. The zero-order valence-electron chi connectivity index (χ0n) is 22.2. The van der Waals surface area contributed by atoms with Gasteiger partial charge in [0.15, 0.2) is 0 Å². The molecule has 0 spiro atoms. The number of benzene rings is 4. The molecule has 0 aliphatic heterocycles. The lowest BCUT2D eigenvalue weighted by Crippen LogP contribution is -2.21. The minimum atomic E-state index is -0.0312. The van der Waals surface area contributed by atoms with Crippen molar-refractivity contribution in [1.29, 1.82) is 0 Å². The molecule has 2 nitrogen and oxygen atoms in total. The smallest absolute Gasteiger partial charge is 0.131 e. The Morgan fingerprint density at radius 3 is 2.17 bits per heavy atom. The number of hydrogen-bond donors (Lipinski definition) is 0. The Morgan fingerprint density at radius 1 is 0.833 bits per heavy atom. The minimum absolute atomic E-state index is 0.0312. The lowest BCUT2D eigenvalue weighted by molar-refractivity contribution is 0.300. The van der Waals surface area contributed by atoms with E-state index in [9.17, 15) is 0 Å². The quantitative estimate of drug-likeness (QED) is 0.189. The van der Waals surface area contributed by atoms with Gasteiger partial charge in [0.05, 0.1) is 5.69 Å². The molecule has 0 heterocycles. The van der Waals surface area contributed by atoms with Crippen molar-refractivity contribution in [2.24, 2.45) is 4.99 Å².